The first kappa shape index (κ1) is 64.5. The maximum absolute atomic E-state index is 13.2. The van der Waals surface area contributed by atoms with E-state index in [-0.39, 0.29) is 91.1 Å². The van der Waals surface area contributed by atoms with E-state index in [1.165, 1.54) is 0 Å². The Balaban J connectivity index is 1.39. The molecule has 0 heterocycles. The highest BCUT2D eigenvalue weighted by molar-refractivity contribution is 5.81. The number of hydrogen-bond donors (Lipinski definition) is 5. The van der Waals surface area contributed by atoms with E-state index in [1.807, 2.05) is 13.8 Å². The molecule has 0 spiro atoms. The van der Waals surface area contributed by atoms with Crippen LogP contribution in [0.15, 0.2) is 25.3 Å². The van der Waals surface area contributed by atoms with Gasteiger partial charge in [-0.25, -0.2) is 33.6 Å². The van der Waals surface area contributed by atoms with Crippen molar-refractivity contribution in [3.8, 4) is 0 Å². The Morgan fingerprint density at radius 2 is 0.776 bits per heavy atom. The van der Waals surface area contributed by atoms with Crippen LogP contribution in [-0.2, 0) is 52.3 Å². The van der Waals surface area contributed by atoms with Crippen LogP contribution in [0.1, 0.15) is 161 Å². The van der Waals surface area contributed by atoms with Crippen LogP contribution in [-0.4, -0.2) is 130 Å². The molecule has 0 saturated heterocycles. The molecule has 0 aromatic rings. The van der Waals surface area contributed by atoms with Gasteiger partial charge in [0, 0.05) is 49.8 Å². The summed E-state index contributed by atoms with van der Waals surface area (Å²) < 4.78 is 42.7. The van der Waals surface area contributed by atoms with Gasteiger partial charge in [0.2, 0.25) is 0 Å². The Morgan fingerprint density at radius 3 is 1.20 bits per heavy atom. The summed E-state index contributed by atoms with van der Waals surface area (Å²) in [6, 6.07) is -0.762. The van der Waals surface area contributed by atoms with Gasteiger partial charge in [-0.05, 0) is 124 Å². The predicted molar refractivity (Wildman–Crippen MR) is 282 cm³/mol. The van der Waals surface area contributed by atoms with Crippen molar-refractivity contribution < 1.29 is 76.3 Å². The molecular weight excluding hydrogens is 987 g/mol. The van der Waals surface area contributed by atoms with Crippen LogP contribution in [0.2, 0.25) is 0 Å². The number of carbonyl (C=O) groups excluding carboxylic acids is 8. The molecule has 0 radical (unpaired) electrons. The molecule has 5 amide bonds. The van der Waals surface area contributed by atoms with Crippen LogP contribution < -0.4 is 26.6 Å². The molecule has 3 fully saturated rings. The fraction of sp³-hybridized carbons (Fsp3) is 0.782. The molecule has 10 atom stereocenters. The monoisotopic (exact) mass is 1080 g/mol. The lowest BCUT2D eigenvalue weighted by Crippen LogP contribution is -2.51. The standard InChI is InChI=1S/C55H91N5O16/c1-16-42(61)69-26-35(3)73-44(63)18-19-53(13)23-39(20-50(7,8)30-53)58-47(66)72-29-38(6)76-49(68)59-40-21-51(9,10)31-54(14,24-40)33-56-45(64)71-28-37(5)75-48(67)60-41-22-52(11,12)32-55(15,25-41)34-57-46(65)74-36(4)27-70-43(62)17-2/h16-17,35-41H,1-2,18-34H2,3-15H3,(H,56,64)(H,57,65)(H,58,66)(H,59,68)(H,60,67). The summed E-state index contributed by atoms with van der Waals surface area (Å²) in [4.78, 5) is 100. The lowest BCUT2D eigenvalue weighted by Gasteiger charge is -2.47. The van der Waals surface area contributed by atoms with E-state index in [9.17, 15) is 38.4 Å². The number of nitrogens with one attached hydrogen (secondary N) is 5. The molecular formula is C55H91N5O16. The fourth-order valence-corrected chi connectivity index (χ4v) is 12.2. The smallest absolute Gasteiger partial charge is 0.407 e. The highest BCUT2D eigenvalue weighted by Gasteiger charge is 2.45. The third-order valence-electron chi connectivity index (χ3n) is 14.0. The van der Waals surface area contributed by atoms with E-state index in [0.717, 1.165) is 31.4 Å². The van der Waals surface area contributed by atoms with E-state index >= 15 is 0 Å². The number of alkyl carbamates (subject to hydrolysis) is 5. The molecule has 21 nitrogen and oxygen atoms in total. The molecule has 3 rings (SSSR count). The summed E-state index contributed by atoms with van der Waals surface area (Å²) >= 11 is 0. The van der Waals surface area contributed by atoms with Crippen molar-refractivity contribution in [1.29, 1.82) is 0 Å². The Kier molecular flexibility index (Phi) is 23.8. The van der Waals surface area contributed by atoms with Crippen molar-refractivity contribution in [3.63, 3.8) is 0 Å². The SMILES string of the molecule is C=CC(=O)OCC(C)OC(=O)CCC1(C)CC(NC(=O)OCC(C)OC(=O)NC2CC(C)(C)CC(C)(CNC(=O)OCC(C)OC(=O)NC3CC(C)(C)CC(C)(CNC(=O)OC(C)COC(=O)C=C)C3)C2)CC(C)(C)C1. The van der Waals surface area contributed by atoms with Crippen molar-refractivity contribution in [2.75, 3.05) is 39.5 Å². The molecule has 432 valence electrons. The van der Waals surface area contributed by atoms with Crippen LogP contribution in [0.4, 0.5) is 24.0 Å². The van der Waals surface area contributed by atoms with E-state index in [2.05, 4.69) is 88.2 Å². The Labute approximate surface area is 450 Å². The van der Waals surface area contributed by atoms with Crippen LogP contribution in [0.25, 0.3) is 0 Å². The molecule has 10 unspecified atom stereocenters. The van der Waals surface area contributed by atoms with Crippen LogP contribution in [0, 0.1) is 32.5 Å². The molecule has 0 aromatic heterocycles. The second kappa shape index (κ2) is 28.0. The highest BCUT2D eigenvalue weighted by Crippen LogP contribution is 2.49. The van der Waals surface area contributed by atoms with Crippen molar-refractivity contribution in [1.82, 2.24) is 26.6 Å². The topological polar surface area (TPSA) is 271 Å². The van der Waals surface area contributed by atoms with E-state index in [4.69, 9.17) is 37.9 Å². The van der Waals surface area contributed by atoms with Crippen LogP contribution in [0.3, 0.4) is 0 Å². The second-order valence-corrected chi connectivity index (χ2v) is 25.2. The maximum atomic E-state index is 13.2. The molecule has 3 aliphatic rings. The number of hydrogen-bond acceptors (Lipinski definition) is 16. The van der Waals surface area contributed by atoms with Gasteiger partial charge >= 0.3 is 48.4 Å². The largest absolute Gasteiger partial charge is 0.459 e. The van der Waals surface area contributed by atoms with Crippen LogP contribution >= 0.6 is 0 Å². The quantitative estimate of drug-likeness (QED) is 0.0343. The molecule has 3 aliphatic carbocycles. The van der Waals surface area contributed by atoms with E-state index in [1.54, 1.807) is 27.7 Å². The third-order valence-corrected chi connectivity index (χ3v) is 14.0. The summed E-state index contributed by atoms with van der Waals surface area (Å²) in [5.74, 6) is -1.60. The molecule has 0 aliphatic heterocycles. The third kappa shape index (κ3) is 24.5. The van der Waals surface area contributed by atoms with Gasteiger partial charge in [0.15, 0.2) is 0 Å². The van der Waals surface area contributed by atoms with Gasteiger partial charge < -0.3 is 64.5 Å². The Morgan fingerprint density at radius 1 is 0.447 bits per heavy atom. The van der Waals surface area contributed by atoms with Crippen molar-refractivity contribution >= 4 is 48.4 Å². The first-order valence-electron chi connectivity index (χ1n) is 26.6. The zero-order valence-corrected chi connectivity index (χ0v) is 47.7. The van der Waals surface area contributed by atoms with Gasteiger partial charge in [0.1, 0.15) is 50.8 Å². The van der Waals surface area contributed by atoms with Crippen molar-refractivity contribution in [3.05, 3.63) is 25.3 Å². The molecule has 0 bridgehead atoms. The van der Waals surface area contributed by atoms with Gasteiger partial charge in [-0.2, -0.15) is 0 Å². The highest BCUT2D eigenvalue weighted by atomic mass is 16.6. The van der Waals surface area contributed by atoms with Gasteiger partial charge in [-0.1, -0.05) is 75.5 Å². The summed E-state index contributed by atoms with van der Waals surface area (Å²) in [5.41, 5.74) is -1.61. The zero-order chi connectivity index (χ0) is 57.3. The van der Waals surface area contributed by atoms with Crippen LogP contribution in [0.5, 0.6) is 0 Å². The molecule has 76 heavy (non-hydrogen) atoms. The van der Waals surface area contributed by atoms with Crippen molar-refractivity contribution in [2.45, 2.75) is 203 Å². The fourth-order valence-electron chi connectivity index (χ4n) is 12.2. The van der Waals surface area contributed by atoms with E-state index in [0.29, 0.717) is 44.9 Å². The first-order valence-corrected chi connectivity index (χ1v) is 26.6. The number of ether oxygens (including phenoxy) is 8. The number of carbonyl (C=O) groups is 8. The number of esters is 3. The van der Waals surface area contributed by atoms with Gasteiger partial charge in [-0.15, -0.1) is 0 Å². The second-order valence-electron chi connectivity index (χ2n) is 25.2. The summed E-state index contributed by atoms with van der Waals surface area (Å²) in [5, 5.41) is 14.6. The Hall–Kier alpha value is -5.76. The van der Waals surface area contributed by atoms with Gasteiger partial charge in [0.05, 0.1) is 0 Å². The molecule has 5 N–H and O–H groups in total. The molecule has 21 heteroatoms. The Bertz CT molecular complexity index is 2050. The van der Waals surface area contributed by atoms with Gasteiger partial charge in [0.25, 0.3) is 0 Å². The summed E-state index contributed by atoms with van der Waals surface area (Å²) in [6.07, 6.45) is 2.83. The average molecular weight is 1080 g/mol. The number of rotatable bonds is 24. The van der Waals surface area contributed by atoms with Crippen molar-refractivity contribution in [2.24, 2.45) is 32.5 Å². The zero-order valence-electron chi connectivity index (χ0n) is 47.7. The summed E-state index contributed by atoms with van der Waals surface area (Å²) in [7, 11) is 0. The predicted octanol–water partition coefficient (Wildman–Crippen LogP) is 8.71. The minimum Gasteiger partial charge on any atom is -0.459 e. The minimum atomic E-state index is -0.763. The minimum absolute atomic E-state index is 0.0662. The van der Waals surface area contributed by atoms with E-state index < -0.39 is 78.2 Å². The lowest BCUT2D eigenvalue weighted by molar-refractivity contribution is -0.156. The average Bonchev–Trinajstić information content (AvgIpc) is 3.27. The normalized spacial score (nSPS) is 26.8. The first-order chi connectivity index (χ1) is 35.1. The molecule has 3 saturated carbocycles. The number of amides is 5. The van der Waals surface area contributed by atoms with Gasteiger partial charge in [-0.3, -0.25) is 4.79 Å². The maximum Gasteiger partial charge on any atom is 0.407 e. The summed E-state index contributed by atoms with van der Waals surface area (Å²) in [6.45, 7) is 32.0. The molecule has 0 aromatic carbocycles. The lowest BCUT2D eigenvalue weighted by atomic mass is 9.61.